The van der Waals surface area contributed by atoms with Gasteiger partial charge in [0.15, 0.2) is 0 Å². The summed E-state index contributed by atoms with van der Waals surface area (Å²) in [5, 5.41) is 5.61. The van der Waals surface area contributed by atoms with E-state index in [0.717, 1.165) is 10.9 Å². The molecule has 0 bridgehead atoms. The predicted octanol–water partition coefficient (Wildman–Crippen LogP) is 2.88. The number of pyridine rings is 1. The minimum absolute atomic E-state index is 0.399. The molecule has 0 saturated carbocycles. The van der Waals surface area contributed by atoms with Gasteiger partial charge in [0.2, 0.25) is 5.88 Å². The quantitative estimate of drug-likeness (QED) is 0.479. The lowest BCUT2D eigenvalue weighted by Gasteiger charge is -1.98. The first kappa shape index (κ1) is 10.4. The van der Waals surface area contributed by atoms with Crippen LogP contribution in [0.5, 0.6) is 5.88 Å². The lowest BCUT2D eigenvalue weighted by molar-refractivity contribution is 0.403. The number of hydrogen-bond acceptors (Lipinski definition) is 3. The summed E-state index contributed by atoms with van der Waals surface area (Å²) in [4.78, 5) is 4.06. The van der Waals surface area contributed by atoms with E-state index in [0.29, 0.717) is 17.4 Å². The Morgan fingerprint density at radius 2 is 2.43 bits per heavy atom. The van der Waals surface area contributed by atoms with E-state index in [4.69, 9.17) is 16.3 Å². The molecule has 0 aliphatic rings. The molecule has 2 heterocycles. The summed E-state index contributed by atoms with van der Waals surface area (Å²) in [7, 11) is 1.57. The second-order valence-corrected chi connectivity index (χ2v) is 5.01. The Labute approximate surface area is 100 Å². The third kappa shape index (κ3) is 1.81. The van der Waals surface area contributed by atoms with Gasteiger partial charge in [0.25, 0.3) is 0 Å². The molecule has 0 radical (unpaired) electrons. The minimum atomic E-state index is 0.399. The Bertz CT molecular complexity index is 475. The van der Waals surface area contributed by atoms with E-state index < -0.39 is 0 Å². The van der Waals surface area contributed by atoms with Crippen LogP contribution in [0.25, 0.3) is 10.9 Å². The van der Waals surface area contributed by atoms with E-state index in [-0.39, 0.29) is 0 Å². The second-order valence-electron chi connectivity index (χ2n) is 2.55. The van der Waals surface area contributed by atoms with Gasteiger partial charge in [0, 0.05) is 12.3 Å². The Morgan fingerprint density at radius 1 is 1.64 bits per heavy atom. The fourth-order valence-electron chi connectivity index (χ4n) is 1.16. The number of fused-ring (bicyclic) bond motifs is 1. The number of ether oxygens (including phenoxy) is 1. The van der Waals surface area contributed by atoms with Gasteiger partial charge < -0.3 is 4.74 Å². The summed E-state index contributed by atoms with van der Waals surface area (Å²) in [5.41, 5.74) is 0.811. The van der Waals surface area contributed by atoms with E-state index in [2.05, 4.69) is 32.1 Å². The summed E-state index contributed by atoms with van der Waals surface area (Å²) in [6.07, 6.45) is 2.46. The molecule has 0 amide bonds. The normalized spacial score (nSPS) is 11.6. The number of methoxy groups -OCH3 is 1. The largest absolute Gasteiger partial charge is 0.480 e. The zero-order chi connectivity index (χ0) is 10.1. The standard InChI is InChI=1S/C7H6ClIN3OP/c1-13-7-4-3-12(14-9)11-5(4)2-6(8)10-7/h2-3,14H,1H3. The number of rotatable bonds is 2. The van der Waals surface area contributed by atoms with Crippen LogP contribution in [0.2, 0.25) is 5.15 Å². The van der Waals surface area contributed by atoms with Crippen LogP contribution in [0, 0.1) is 0 Å². The summed E-state index contributed by atoms with van der Waals surface area (Å²) in [5.74, 6) is 0.522. The average Bonchev–Trinajstić information content (AvgIpc) is 2.59. The molecule has 0 aromatic carbocycles. The van der Waals surface area contributed by atoms with Crippen LogP contribution in [0.1, 0.15) is 0 Å². The first-order chi connectivity index (χ1) is 6.74. The third-order valence-corrected chi connectivity index (χ3v) is 3.80. The van der Waals surface area contributed by atoms with Crippen molar-refractivity contribution in [2.45, 2.75) is 0 Å². The van der Waals surface area contributed by atoms with Gasteiger partial charge in [0.05, 0.1) is 18.9 Å². The van der Waals surface area contributed by atoms with Gasteiger partial charge >= 0.3 is 0 Å². The molecule has 74 valence electrons. The van der Waals surface area contributed by atoms with E-state index in [1.165, 1.54) is 0 Å². The first-order valence-corrected chi connectivity index (χ1v) is 8.15. The Balaban J connectivity index is 2.71. The molecule has 2 rings (SSSR count). The van der Waals surface area contributed by atoms with E-state index in [1.54, 1.807) is 13.2 Å². The molecule has 0 aliphatic heterocycles. The number of hydrogen-bond donors (Lipinski definition) is 0. The molecular formula is C7H6ClIN3OP. The molecule has 0 saturated heterocycles. The smallest absolute Gasteiger partial charge is 0.225 e. The van der Waals surface area contributed by atoms with Crippen LogP contribution in [-0.2, 0) is 0 Å². The number of aromatic nitrogens is 3. The zero-order valence-corrected chi connectivity index (χ0v) is 11.1. The van der Waals surface area contributed by atoms with Crippen molar-refractivity contribution in [3.63, 3.8) is 0 Å². The highest BCUT2D eigenvalue weighted by Crippen LogP contribution is 2.30. The van der Waals surface area contributed by atoms with Crippen molar-refractivity contribution >= 4 is 50.9 Å². The molecule has 2 aromatic heterocycles. The summed E-state index contributed by atoms with van der Waals surface area (Å²) >= 11 is 8.07. The van der Waals surface area contributed by atoms with Crippen LogP contribution in [0.15, 0.2) is 12.3 Å². The van der Waals surface area contributed by atoms with Crippen LogP contribution < -0.4 is 4.74 Å². The summed E-state index contributed by atoms with van der Waals surface area (Å²) in [6, 6.07) is 1.73. The summed E-state index contributed by atoms with van der Waals surface area (Å²) in [6.45, 7) is 0. The van der Waals surface area contributed by atoms with Gasteiger partial charge in [-0.05, 0) is 22.0 Å². The molecular weight excluding hydrogens is 335 g/mol. The third-order valence-electron chi connectivity index (χ3n) is 1.72. The van der Waals surface area contributed by atoms with Gasteiger partial charge in [-0.1, -0.05) is 11.6 Å². The maximum atomic E-state index is 5.82. The lowest BCUT2D eigenvalue weighted by atomic mass is 10.3. The fraction of sp³-hybridized carbons (Fsp3) is 0.143. The molecule has 2 aromatic rings. The van der Waals surface area contributed by atoms with E-state index >= 15 is 0 Å². The number of halogens is 2. The van der Waals surface area contributed by atoms with Crippen molar-refractivity contribution < 1.29 is 4.74 Å². The monoisotopic (exact) mass is 341 g/mol. The van der Waals surface area contributed by atoms with Gasteiger partial charge in [-0.2, -0.15) is 5.10 Å². The zero-order valence-electron chi connectivity index (χ0n) is 7.16. The molecule has 1 unspecified atom stereocenters. The Morgan fingerprint density at radius 3 is 3.07 bits per heavy atom. The molecule has 4 nitrogen and oxygen atoms in total. The highest BCUT2D eigenvalue weighted by Gasteiger charge is 2.09. The van der Waals surface area contributed by atoms with Gasteiger partial charge in [-0.15, -0.1) is 0 Å². The Kier molecular flexibility index (Phi) is 3.09. The SMILES string of the molecule is COc1nc(Cl)cc2nn(PI)cc12. The highest BCUT2D eigenvalue weighted by molar-refractivity contribution is 14.2. The maximum absolute atomic E-state index is 5.82. The van der Waals surface area contributed by atoms with Gasteiger partial charge in [0.1, 0.15) is 10.7 Å². The topological polar surface area (TPSA) is 39.9 Å². The lowest BCUT2D eigenvalue weighted by Crippen LogP contribution is -1.87. The van der Waals surface area contributed by atoms with E-state index in [1.807, 2.05) is 10.6 Å². The van der Waals surface area contributed by atoms with E-state index in [9.17, 15) is 0 Å². The molecule has 14 heavy (non-hydrogen) atoms. The molecule has 0 fully saturated rings. The fourth-order valence-corrected chi connectivity index (χ4v) is 2.40. The maximum Gasteiger partial charge on any atom is 0.225 e. The molecule has 7 heteroatoms. The van der Waals surface area contributed by atoms with Crippen LogP contribution in [-0.4, -0.2) is 21.6 Å². The highest BCUT2D eigenvalue weighted by atomic mass is 127. The van der Waals surface area contributed by atoms with Crippen LogP contribution >= 0.6 is 40.0 Å². The molecule has 0 spiro atoms. The van der Waals surface area contributed by atoms with Crippen molar-refractivity contribution in [1.82, 2.24) is 14.5 Å². The minimum Gasteiger partial charge on any atom is -0.480 e. The Hall–Kier alpha value is -0.130. The van der Waals surface area contributed by atoms with Crippen molar-refractivity contribution in [3.8, 4) is 5.88 Å². The number of nitrogens with zero attached hydrogens (tertiary/aromatic N) is 3. The van der Waals surface area contributed by atoms with Crippen molar-refractivity contribution in [1.29, 1.82) is 0 Å². The average molecular weight is 341 g/mol. The molecule has 0 aliphatic carbocycles. The first-order valence-electron chi connectivity index (χ1n) is 3.71. The predicted molar refractivity (Wildman–Crippen MR) is 66.8 cm³/mol. The summed E-state index contributed by atoms with van der Waals surface area (Å²) < 4.78 is 6.96. The van der Waals surface area contributed by atoms with Crippen molar-refractivity contribution in [2.75, 3.05) is 7.11 Å². The van der Waals surface area contributed by atoms with Crippen molar-refractivity contribution in [2.24, 2.45) is 0 Å². The van der Waals surface area contributed by atoms with Crippen LogP contribution in [0.4, 0.5) is 0 Å². The second kappa shape index (κ2) is 4.16. The molecule has 0 N–H and O–H groups in total. The molecule has 1 atom stereocenters. The van der Waals surface area contributed by atoms with Gasteiger partial charge in [-0.3, -0.25) is 0 Å². The van der Waals surface area contributed by atoms with Crippen molar-refractivity contribution in [3.05, 3.63) is 17.4 Å². The van der Waals surface area contributed by atoms with Gasteiger partial charge in [-0.25, -0.2) is 9.44 Å². The van der Waals surface area contributed by atoms with Crippen LogP contribution in [0.3, 0.4) is 0 Å².